The van der Waals surface area contributed by atoms with E-state index in [2.05, 4.69) is 5.32 Å². The third-order valence-electron chi connectivity index (χ3n) is 6.28. The standard InChI is InChI=1S/C21H26N4O6/c1-2-24-16-9-12(13-7-8-23(10-17(13)26)11-19(28)29)3-4-14(16)25(21(24)31)15-5-6-18(27)22-20(15)30/h3-4,9,13,15,17,26H,2,5-8,10-11H2,1H3,(H,28,29)(H,22,27,30)/t13-,15?,17+/m1/s1. The first-order valence-corrected chi connectivity index (χ1v) is 10.5. The molecule has 1 aromatic carbocycles. The Labute approximate surface area is 178 Å². The Bertz CT molecular complexity index is 1100. The first-order valence-electron chi connectivity index (χ1n) is 10.5. The van der Waals surface area contributed by atoms with Gasteiger partial charge in [0, 0.05) is 25.4 Å². The number of aliphatic hydroxyl groups is 1. The predicted molar refractivity (Wildman–Crippen MR) is 111 cm³/mol. The van der Waals surface area contributed by atoms with Crippen LogP contribution in [0.5, 0.6) is 0 Å². The zero-order valence-corrected chi connectivity index (χ0v) is 17.3. The number of aromatic nitrogens is 2. The Morgan fingerprint density at radius 2 is 1.97 bits per heavy atom. The van der Waals surface area contributed by atoms with Crippen molar-refractivity contribution in [1.82, 2.24) is 19.4 Å². The minimum atomic E-state index is -0.922. The van der Waals surface area contributed by atoms with Crippen molar-refractivity contribution in [2.24, 2.45) is 0 Å². The fraction of sp³-hybridized carbons (Fsp3) is 0.524. The topological polar surface area (TPSA) is 134 Å². The zero-order chi connectivity index (χ0) is 22.3. The zero-order valence-electron chi connectivity index (χ0n) is 17.3. The maximum atomic E-state index is 13.1. The van der Waals surface area contributed by atoms with Gasteiger partial charge >= 0.3 is 11.7 Å². The molecule has 2 saturated heterocycles. The van der Waals surface area contributed by atoms with Gasteiger partial charge in [0.25, 0.3) is 0 Å². The Morgan fingerprint density at radius 1 is 1.19 bits per heavy atom. The predicted octanol–water partition coefficient (Wildman–Crippen LogP) is 0.0354. The molecule has 4 rings (SSSR count). The van der Waals surface area contributed by atoms with Crippen LogP contribution in [0.3, 0.4) is 0 Å². The van der Waals surface area contributed by atoms with E-state index in [4.69, 9.17) is 5.11 Å². The highest BCUT2D eigenvalue weighted by Gasteiger charge is 2.33. The molecule has 10 heteroatoms. The van der Waals surface area contributed by atoms with E-state index in [-0.39, 0.29) is 43.4 Å². The summed E-state index contributed by atoms with van der Waals surface area (Å²) in [5, 5.41) is 21.9. The molecule has 31 heavy (non-hydrogen) atoms. The van der Waals surface area contributed by atoms with E-state index in [0.717, 1.165) is 5.56 Å². The maximum absolute atomic E-state index is 13.1. The molecule has 0 spiro atoms. The minimum absolute atomic E-state index is 0.104. The number of fused-ring (bicyclic) bond motifs is 1. The van der Waals surface area contributed by atoms with Crippen molar-refractivity contribution in [1.29, 1.82) is 0 Å². The SMILES string of the molecule is CCn1c(=O)n(C2CCC(=O)NC2=O)c2ccc([C@H]3CCN(CC(=O)O)C[C@@H]3O)cc21. The highest BCUT2D eigenvalue weighted by Crippen LogP contribution is 2.31. The van der Waals surface area contributed by atoms with Crippen LogP contribution in [0.15, 0.2) is 23.0 Å². The lowest BCUT2D eigenvalue weighted by Crippen LogP contribution is -2.44. The monoisotopic (exact) mass is 430 g/mol. The lowest BCUT2D eigenvalue weighted by atomic mass is 9.87. The van der Waals surface area contributed by atoms with Gasteiger partial charge in [-0.05, 0) is 44.0 Å². The van der Waals surface area contributed by atoms with Crippen molar-refractivity contribution in [3.8, 4) is 0 Å². The number of rotatable bonds is 5. The van der Waals surface area contributed by atoms with Gasteiger partial charge in [-0.15, -0.1) is 0 Å². The first kappa shape index (κ1) is 21.3. The summed E-state index contributed by atoms with van der Waals surface area (Å²) >= 11 is 0. The van der Waals surface area contributed by atoms with Crippen molar-refractivity contribution < 1.29 is 24.6 Å². The largest absolute Gasteiger partial charge is 0.480 e. The van der Waals surface area contributed by atoms with Crippen LogP contribution in [-0.4, -0.2) is 67.8 Å². The van der Waals surface area contributed by atoms with Gasteiger partial charge in [-0.25, -0.2) is 4.79 Å². The van der Waals surface area contributed by atoms with E-state index in [1.54, 1.807) is 15.5 Å². The number of carbonyl (C=O) groups is 3. The van der Waals surface area contributed by atoms with Gasteiger partial charge < -0.3 is 10.2 Å². The number of hydrogen-bond acceptors (Lipinski definition) is 6. The van der Waals surface area contributed by atoms with E-state index < -0.39 is 24.0 Å². The van der Waals surface area contributed by atoms with Gasteiger partial charge in [0.2, 0.25) is 11.8 Å². The summed E-state index contributed by atoms with van der Waals surface area (Å²) in [6.07, 6.45) is 0.338. The summed E-state index contributed by atoms with van der Waals surface area (Å²) in [6.45, 7) is 2.99. The molecule has 0 bridgehead atoms. The fourth-order valence-electron chi connectivity index (χ4n) is 4.78. The molecular formula is C21H26N4O6. The highest BCUT2D eigenvalue weighted by molar-refractivity contribution is 6.00. The third kappa shape index (κ3) is 3.88. The normalized spacial score (nSPS) is 25.0. The molecule has 1 aromatic heterocycles. The molecule has 2 aliphatic rings. The van der Waals surface area contributed by atoms with Crippen LogP contribution < -0.4 is 11.0 Å². The average molecular weight is 430 g/mol. The van der Waals surface area contributed by atoms with Gasteiger partial charge in [0.1, 0.15) is 6.04 Å². The first-order chi connectivity index (χ1) is 14.8. The van der Waals surface area contributed by atoms with Crippen LogP contribution in [0.4, 0.5) is 0 Å². The number of carboxylic acids is 1. The van der Waals surface area contributed by atoms with Crippen LogP contribution >= 0.6 is 0 Å². The van der Waals surface area contributed by atoms with Gasteiger partial charge in [0.05, 0.1) is 23.7 Å². The fourth-order valence-corrected chi connectivity index (χ4v) is 4.78. The Morgan fingerprint density at radius 3 is 2.61 bits per heavy atom. The number of aliphatic hydroxyl groups excluding tert-OH is 1. The van der Waals surface area contributed by atoms with Gasteiger partial charge in [0.15, 0.2) is 0 Å². The molecule has 2 aliphatic heterocycles. The van der Waals surface area contributed by atoms with Crippen molar-refractivity contribution in [3.63, 3.8) is 0 Å². The molecule has 2 aromatic rings. The number of nitrogens with one attached hydrogen (secondary N) is 1. The quantitative estimate of drug-likeness (QED) is 0.570. The minimum Gasteiger partial charge on any atom is -0.480 e. The lowest BCUT2D eigenvalue weighted by molar-refractivity contribution is -0.139. The van der Waals surface area contributed by atoms with Gasteiger partial charge in [-0.1, -0.05) is 6.07 Å². The smallest absolute Gasteiger partial charge is 0.329 e. The number of imidazole rings is 1. The molecule has 2 fully saturated rings. The number of aliphatic carboxylic acids is 1. The van der Waals surface area contributed by atoms with Crippen LogP contribution in [0, 0.1) is 0 Å². The van der Waals surface area contributed by atoms with Crippen LogP contribution in [0.2, 0.25) is 0 Å². The molecule has 10 nitrogen and oxygen atoms in total. The molecule has 1 unspecified atom stereocenters. The molecule has 3 N–H and O–H groups in total. The van der Waals surface area contributed by atoms with Crippen molar-refractivity contribution >= 4 is 28.8 Å². The molecule has 3 heterocycles. The Balaban J connectivity index is 1.69. The second-order valence-corrected chi connectivity index (χ2v) is 8.20. The number of amides is 2. The van der Waals surface area contributed by atoms with E-state index >= 15 is 0 Å². The summed E-state index contributed by atoms with van der Waals surface area (Å²) in [5.41, 5.74) is 1.86. The number of carbonyl (C=O) groups excluding carboxylic acids is 2. The van der Waals surface area contributed by atoms with Gasteiger partial charge in [-0.3, -0.25) is 33.7 Å². The number of hydrogen-bond donors (Lipinski definition) is 3. The summed E-state index contributed by atoms with van der Waals surface area (Å²) in [7, 11) is 0. The highest BCUT2D eigenvalue weighted by atomic mass is 16.4. The second kappa shape index (κ2) is 8.27. The summed E-state index contributed by atoms with van der Waals surface area (Å²) in [5.74, 6) is -1.90. The van der Waals surface area contributed by atoms with E-state index in [1.165, 1.54) is 4.57 Å². The van der Waals surface area contributed by atoms with E-state index in [0.29, 0.717) is 30.5 Å². The van der Waals surface area contributed by atoms with E-state index in [9.17, 15) is 24.3 Å². The van der Waals surface area contributed by atoms with Crippen LogP contribution in [-0.2, 0) is 20.9 Å². The second-order valence-electron chi connectivity index (χ2n) is 8.20. The van der Waals surface area contributed by atoms with Crippen molar-refractivity contribution in [3.05, 3.63) is 34.2 Å². The van der Waals surface area contributed by atoms with Gasteiger partial charge in [-0.2, -0.15) is 0 Å². The Hall–Kier alpha value is -2.98. The number of imide groups is 1. The molecular weight excluding hydrogens is 404 g/mol. The number of benzene rings is 1. The molecule has 0 saturated carbocycles. The lowest BCUT2D eigenvalue weighted by Gasteiger charge is -2.35. The molecule has 166 valence electrons. The molecule has 0 aliphatic carbocycles. The number of piperidine rings is 2. The number of β-amino-alcohol motifs (C(OH)–C–C–N with tert-alkyl or cyclic N) is 1. The van der Waals surface area contributed by atoms with Crippen molar-refractivity contribution in [2.45, 2.75) is 50.8 Å². The van der Waals surface area contributed by atoms with Crippen LogP contribution in [0.25, 0.3) is 11.0 Å². The number of nitrogens with zero attached hydrogens (tertiary/aromatic N) is 3. The van der Waals surface area contributed by atoms with E-state index in [1.807, 2.05) is 19.1 Å². The van der Waals surface area contributed by atoms with Crippen LogP contribution in [0.1, 0.15) is 43.7 Å². The summed E-state index contributed by atoms with van der Waals surface area (Å²) in [4.78, 5) is 49.6. The molecule has 3 atom stereocenters. The Kier molecular flexibility index (Phi) is 5.67. The van der Waals surface area contributed by atoms with Crippen molar-refractivity contribution in [2.75, 3.05) is 19.6 Å². The number of likely N-dealkylation sites (tertiary alicyclic amines) is 1. The summed E-state index contributed by atoms with van der Waals surface area (Å²) < 4.78 is 3.05. The molecule has 2 amide bonds. The maximum Gasteiger partial charge on any atom is 0.329 e. The third-order valence-corrected chi connectivity index (χ3v) is 6.28. The number of aryl methyl sites for hydroxylation is 1. The average Bonchev–Trinajstić information content (AvgIpc) is 2.98. The summed E-state index contributed by atoms with van der Waals surface area (Å²) in [6, 6.07) is 4.78. The number of carboxylic acid groups (broad SMARTS) is 1. The molecule has 0 radical (unpaired) electrons.